The molecule has 0 radical (unpaired) electrons. The number of piperidine rings is 1. The molecular weight excluding hydrogens is 402 g/mol. The number of rotatable bonds is 8. The molecule has 1 aliphatic rings. The van der Waals surface area contributed by atoms with Gasteiger partial charge >= 0.3 is 0 Å². The number of carbonyl (C=O) groups is 3. The van der Waals surface area contributed by atoms with Gasteiger partial charge in [0.25, 0.3) is 5.91 Å². The molecule has 0 saturated carbocycles. The summed E-state index contributed by atoms with van der Waals surface area (Å²) in [5.74, 6) is 0.208. The Hall–Kier alpha value is -2.08. The van der Waals surface area contributed by atoms with E-state index in [1.807, 2.05) is 32.6 Å². The van der Waals surface area contributed by atoms with Crippen LogP contribution >= 0.6 is 11.6 Å². The number of amides is 3. The van der Waals surface area contributed by atoms with Crippen LogP contribution in [-0.4, -0.2) is 48.3 Å². The summed E-state index contributed by atoms with van der Waals surface area (Å²) in [5, 5.41) is 6.20. The molecule has 30 heavy (non-hydrogen) atoms. The average molecular weight is 436 g/mol. The van der Waals surface area contributed by atoms with Crippen molar-refractivity contribution in [1.29, 1.82) is 0 Å². The third kappa shape index (κ3) is 7.01. The van der Waals surface area contributed by atoms with Gasteiger partial charge < -0.3 is 15.5 Å². The maximum absolute atomic E-state index is 12.9. The Labute approximate surface area is 184 Å². The van der Waals surface area contributed by atoms with Crippen molar-refractivity contribution in [2.24, 2.45) is 17.8 Å². The molecule has 3 amide bonds. The Kier molecular flexibility index (Phi) is 9.15. The van der Waals surface area contributed by atoms with Crippen LogP contribution in [0.4, 0.5) is 0 Å². The van der Waals surface area contributed by atoms with Gasteiger partial charge in [-0.3, -0.25) is 14.4 Å². The van der Waals surface area contributed by atoms with Gasteiger partial charge in [-0.25, -0.2) is 0 Å². The Bertz CT molecular complexity index is 743. The van der Waals surface area contributed by atoms with Crippen LogP contribution in [0.15, 0.2) is 24.3 Å². The predicted molar refractivity (Wildman–Crippen MR) is 119 cm³/mol. The monoisotopic (exact) mass is 435 g/mol. The van der Waals surface area contributed by atoms with Crippen molar-refractivity contribution in [3.8, 4) is 0 Å². The van der Waals surface area contributed by atoms with Gasteiger partial charge in [0.1, 0.15) is 6.04 Å². The van der Waals surface area contributed by atoms with E-state index in [1.165, 1.54) is 0 Å². The van der Waals surface area contributed by atoms with Gasteiger partial charge in [-0.1, -0.05) is 51.4 Å². The van der Waals surface area contributed by atoms with E-state index in [4.69, 9.17) is 11.6 Å². The summed E-state index contributed by atoms with van der Waals surface area (Å²) in [6.45, 7) is 9.86. The van der Waals surface area contributed by atoms with E-state index in [1.54, 1.807) is 24.3 Å². The second kappa shape index (κ2) is 11.3. The molecule has 2 rings (SSSR count). The van der Waals surface area contributed by atoms with Crippen LogP contribution in [0.2, 0.25) is 5.02 Å². The lowest BCUT2D eigenvalue weighted by Gasteiger charge is -2.36. The smallest absolute Gasteiger partial charge is 0.253 e. The topological polar surface area (TPSA) is 78.5 Å². The highest BCUT2D eigenvalue weighted by Gasteiger charge is 2.34. The van der Waals surface area contributed by atoms with E-state index in [-0.39, 0.29) is 23.6 Å². The van der Waals surface area contributed by atoms with Gasteiger partial charge in [0.2, 0.25) is 11.8 Å². The minimum Gasteiger partial charge on any atom is -0.354 e. The molecule has 6 nitrogen and oxygen atoms in total. The molecule has 0 spiro atoms. The first-order valence-corrected chi connectivity index (χ1v) is 11.2. The molecule has 2 N–H and O–H groups in total. The number of likely N-dealkylation sites (tertiary alicyclic amines) is 1. The van der Waals surface area contributed by atoms with Crippen molar-refractivity contribution < 1.29 is 14.4 Å². The van der Waals surface area contributed by atoms with E-state index in [9.17, 15) is 14.4 Å². The zero-order valence-electron chi connectivity index (χ0n) is 18.4. The zero-order chi connectivity index (χ0) is 22.3. The fraction of sp³-hybridized carbons (Fsp3) is 0.609. The Morgan fingerprint density at radius 1 is 1.07 bits per heavy atom. The summed E-state index contributed by atoms with van der Waals surface area (Å²) in [5.41, 5.74) is 0.352. The van der Waals surface area contributed by atoms with Crippen LogP contribution in [0, 0.1) is 17.8 Å². The molecule has 1 aromatic rings. The van der Waals surface area contributed by atoms with Crippen LogP contribution in [0.5, 0.6) is 0 Å². The van der Waals surface area contributed by atoms with E-state index < -0.39 is 6.04 Å². The summed E-state index contributed by atoms with van der Waals surface area (Å²) in [6, 6.07) is 6.15. The van der Waals surface area contributed by atoms with E-state index in [2.05, 4.69) is 10.6 Å². The Balaban J connectivity index is 2.08. The lowest BCUT2D eigenvalue weighted by molar-refractivity contribution is -0.133. The molecule has 1 aromatic carbocycles. The number of nitrogens with one attached hydrogen (secondary N) is 2. The summed E-state index contributed by atoms with van der Waals surface area (Å²) < 4.78 is 0. The maximum Gasteiger partial charge on any atom is 0.253 e. The van der Waals surface area contributed by atoms with Crippen LogP contribution in [0.1, 0.15) is 57.3 Å². The number of hydrogen-bond acceptors (Lipinski definition) is 3. The summed E-state index contributed by atoms with van der Waals surface area (Å²) >= 11 is 6.16. The molecule has 166 valence electrons. The second-order valence-electron chi connectivity index (χ2n) is 8.89. The average Bonchev–Trinajstić information content (AvgIpc) is 2.70. The maximum atomic E-state index is 12.9. The first-order chi connectivity index (χ1) is 14.2. The predicted octanol–water partition coefficient (Wildman–Crippen LogP) is 3.50. The molecule has 7 heteroatoms. The minimum atomic E-state index is -0.658. The molecule has 1 saturated heterocycles. The SMILES string of the molecule is CC(C)CNC(=O)[C@H](NC(=O)c1ccccc1Cl)C1CCN(C(=O)CC(C)C)CC1. The lowest BCUT2D eigenvalue weighted by Crippen LogP contribution is -2.54. The summed E-state index contributed by atoms with van der Waals surface area (Å²) in [4.78, 5) is 40.0. The summed E-state index contributed by atoms with van der Waals surface area (Å²) in [6.07, 6.45) is 1.88. The van der Waals surface area contributed by atoms with E-state index in [0.717, 1.165) is 0 Å². The van der Waals surface area contributed by atoms with Crippen molar-refractivity contribution in [3.05, 3.63) is 34.9 Å². The van der Waals surface area contributed by atoms with Crippen LogP contribution in [-0.2, 0) is 9.59 Å². The van der Waals surface area contributed by atoms with Crippen molar-refractivity contribution in [1.82, 2.24) is 15.5 Å². The van der Waals surface area contributed by atoms with Gasteiger partial charge in [-0.05, 0) is 42.7 Å². The molecule has 1 fully saturated rings. The molecule has 0 bridgehead atoms. The van der Waals surface area contributed by atoms with Gasteiger partial charge in [-0.15, -0.1) is 0 Å². The van der Waals surface area contributed by atoms with Crippen molar-refractivity contribution >= 4 is 29.3 Å². The highest BCUT2D eigenvalue weighted by Crippen LogP contribution is 2.23. The molecule has 0 aliphatic carbocycles. The number of halogens is 1. The number of benzene rings is 1. The first kappa shape index (κ1) is 24.2. The molecule has 1 aliphatic heterocycles. The third-order valence-electron chi connectivity index (χ3n) is 5.32. The van der Waals surface area contributed by atoms with E-state index in [0.29, 0.717) is 61.3 Å². The first-order valence-electron chi connectivity index (χ1n) is 10.8. The van der Waals surface area contributed by atoms with Gasteiger partial charge in [-0.2, -0.15) is 0 Å². The highest BCUT2D eigenvalue weighted by molar-refractivity contribution is 6.33. The molecular formula is C23H34ClN3O3. The molecule has 0 aromatic heterocycles. The minimum absolute atomic E-state index is 0.0355. The molecule has 0 unspecified atom stereocenters. The number of hydrogen-bond donors (Lipinski definition) is 2. The molecule has 1 atom stereocenters. The quantitative estimate of drug-likeness (QED) is 0.656. The third-order valence-corrected chi connectivity index (χ3v) is 5.65. The fourth-order valence-corrected chi connectivity index (χ4v) is 3.86. The number of nitrogens with zero attached hydrogens (tertiary/aromatic N) is 1. The molecule has 1 heterocycles. The standard InChI is InChI=1S/C23H34ClN3O3/c1-15(2)13-20(28)27-11-9-17(10-12-27)21(23(30)25-14-16(3)4)26-22(29)18-7-5-6-8-19(18)24/h5-8,15-17,21H,9-14H2,1-4H3,(H,25,30)(H,26,29)/t21-/m1/s1. The largest absolute Gasteiger partial charge is 0.354 e. The summed E-state index contributed by atoms with van der Waals surface area (Å²) in [7, 11) is 0. The normalized spacial score (nSPS) is 15.9. The number of carbonyl (C=O) groups excluding carboxylic acids is 3. The van der Waals surface area contributed by atoms with Gasteiger partial charge in [0, 0.05) is 26.1 Å². The van der Waals surface area contributed by atoms with Gasteiger partial charge in [0.05, 0.1) is 10.6 Å². The Morgan fingerprint density at radius 2 is 1.70 bits per heavy atom. The lowest BCUT2D eigenvalue weighted by atomic mass is 9.88. The zero-order valence-corrected chi connectivity index (χ0v) is 19.2. The van der Waals surface area contributed by atoms with Crippen LogP contribution in [0.3, 0.4) is 0 Å². The fourth-order valence-electron chi connectivity index (χ4n) is 3.64. The highest BCUT2D eigenvalue weighted by atomic mass is 35.5. The Morgan fingerprint density at radius 3 is 2.27 bits per heavy atom. The van der Waals surface area contributed by atoms with E-state index >= 15 is 0 Å². The second-order valence-corrected chi connectivity index (χ2v) is 9.29. The van der Waals surface area contributed by atoms with Crippen molar-refractivity contribution in [2.45, 2.75) is 53.0 Å². The van der Waals surface area contributed by atoms with Crippen molar-refractivity contribution in [2.75, 3.05) is 19.6 Å². The van der Waals surface area contributed by atoms with Crippen LogP contribution < -0.4 is 10.6 Å². The van der Waals surface area contributed by atoms with Crippen LogP contribution in [0.25, 0.3) is 0 Å². The van der Waals surface area contributed by atoms with Gasteiger partial charge in [0.15, 0.2) is 0 Å². The van der Waals surface area contributed by atoms with Crippen molar-refractivity contribution in [3.63, 3.8) is 0 Å².